The lowest BCUT2D eigenvalue weighted by molar-refractivity contribution is -0.121. The number of carbonyl (C=O) groups excluding carboxylic acids is 1. The van der Waals surface area contributed by atoms with Gasteiger partial charge >= 0.3 is 0 Å². The molecule has 0 unspecified atom stereocenters. The number of hydrogen-bond acceptors (Lipinski definition) is 2. The fraction of sp³-hybridized carbons (Fsp3) is 0.889. The summed E-state index contributed by atoms with van der Waals surface area (Å²) in [4.78, 5) is 13.3. The van der Waals surface area contributed by atoms with Crippen LogP contribution in [0, 0.1) is 0 Å². The number of likely N-dealkylation sites (tertiary alicyclic amines) is 1. The Bertz CT molecular complexity index is 134. The molecule has 0 bridgehead atoms. The first-order valence-corrected chi connectivity index (χ1v) is 4.49. The predicted molar refractivity (Wildman–Crippen MR) is 45.6 cm³/mol. The molecule has 1 saturated heterocycles. The van der Waals surface area contributed by atoms with Gasteiger partial charge in [0.1, 0.15) is 5.78 Å². The zero-order valence-corrected chi connectivity index (χ0v) is 7.47. The zero-order valence-electron chi connectivity index (χ0n) is 7.47. The van der Waals surface area contributed by atoms with Crippen LogP contribution in [-0.2, 0) is 4.79 Å². The van der Waals surface area contributed by atoms with Crippen molar-refractivity contribution in [3.63, 3.8) is 0 Å². The van der Waals surface area contributed by atoms with Gasteiger partial charge in [0.05, 0.1) is 0 Å². The van der Waals surface area contributed by atoms with Gasteiger partial charge in [0.2, 0.25) is 0 Å². The third-order valence-corrected chi connectivity index (χ3v) is 2.57. The summed E-state index contributed by atoms with van der Waals surface area (Å²) >= 11 is 0. The van der Waals surface area contributed by atoms with Crippen molar-refractivity contribution in [1.29, 1.82) is 0 Å². The molecule has 1 heterocycles. The van der Waals surface area contributed by atoms with Crippen LogP contribution >= 0.6 is 0 Å². The first-order chi connectivity index (χ1) is 5.24. The fourth-order valence-corrected chi connectivity index (χ4v) is 1.47. The maximum absolute atomic E-state index is 10.9. The number of carbonyl (C=O) groups is 1. The van der Waals surface area contributed by atoms with E-state index in [0.29, 0.717) is 11.8 Å². The van der Waals surface area contributed by atoms with Crippen LogP contribution in [0.3, 0.4) is 0 Å². The van der Waals surface area contributed by atoms with E-state index in [-0.39, 0.29) is 0 Å². The van der Waals surface area contributed by atoms with Crippen LogP contribution < -0.4 is 0 Å². The third-order valence-electron chi connectivity index (χ3n) is 2.57. The number of nitrogens with zero attached hydrogens (tertiary/aromatic N) is 1. The molecule has 11 heavy (non-hydrogen) atoms. The molecule has 2 nitrogen and oxygen atoms in total. The Kier molecular flexibility index (Phi) is 3.06. The topological polar surface area (TPSA) is 20.3 Å². The molecule has 0 aromatic rings. The molecule has 0 spiro atoms. The Morgan fingerprint density at radius 2 is 2.00 bits per heavy atom. The van der Waals surface area contributed by atoms with Crippen molar-refractivity contribution in [2.45, 2.75) is 39.2 Å². The molecule has 1 fully saturated rings. The molecule has 0 amide bonds. The highest BCUT2D eigenvalue weighted by molar-refractivity contribution is 5.79. The first-order valence-electron chi connectivity index (χ1n) is 4.49. The molecule has 1 atom stereocenters. The highest BCUT2D eigenvalue weighted by Gasteiger charge is 2.18. The molecule has 0 aromatic heterocycles. The van der Waals surface area contributed by atoms with Gasteiger partial charge < -0.3 is 0 Å². The van der Waals surface area contributed by atoms with Gasteiger partial charge in [-0.15, -0.1) is 0 Å². The van der Waals surface area contributed by atoms with Gasteiger partial charge in [-0.2, -0.15) is 0 Å². The van der Waals surface area contributed by atoms with Gasteiger partial charge in [0, 0.05) is 32.0 Å². The quantitative estimate of drug-likeness (QED) is 0.601. The summed E-state index contributed by atoms with van der Waals surface area (Å²) < 4.78 is 0. The SMILES string of the molecule is CC[C@H](C)N1CCC(=O)CC1. The van der Waals surface area contributed by atoms with Crippen molar-refractivity contribution >= 4 is 5.78 Å². The van der Waals surface area contributed by atoms with Crippen LogP contribution in [0.2, 0.25) is 0 Å². The molecule has 0 aromatic carbocycles. The molecule has 64 valence electrons. The van der Waals surface area contributed by atoms with Crippen LogP contribution in [-0.4, -0.2) is 29.8 Å². The van der Waals surface area contributed by atoms with Gasteiger partial charge in [-0.3, -0.25) is 9.69 Å². The highest BCUT2D eigenvalue weighted by atomic mass is 16.1. The summed E-state index contributed by atoms with van der Waals surface area (Å²) in [6.07, 6.45) is 2.73. The van der Waals surface area contributed by atoms with E-state index in [1.165, 1.54) is 6.42 Å². The number of ketones is 1. The standard InChI is InChI=1S/C9H17NO/c1-3-8(2)10-6-4-9(11)5-7-10/h8H,3-7H2,1-2H3/t8-/m0/s1. The van der Waals surface area contributed by atoms with Crippen molar-refractivity contribution in [2.75, 3.05) is 13.1 Å². The average molecular weight is 155 g/mol. The lowest BCUT2D eigenvalue weighted by atomic mass is 10.1. The predicted octanol–water partition coefficient (Wildman–Crippen LogP) is 1.45. The Hall–Kier alpha value is -0.370. The van der Waals surface area contributed by atoms with E-state index >= 15 is 0 Å². The van der Waals surface area contributed by atoms with Gasteiger partial charge in [-0.25, -0.2) is 0 Å². The molecule has 0 saturated carbocycles. The van der Waals surface area contributed by atoms with E-state index in [0.717, 1.165) is 25.9 Å². The van der Waals surface area contributed by atoms with Gasteiger partial charge in [0.25, 0.3) is 0 Å². The summed E-state index contributed by atoms with van der Waals surface area (Å²) in [6, 6.07) is 0.656. The Balaban J connectivity index is 2.32. The number of Topliss-reactive ketones (excluding diaryl/α,β-unsaturated/α-hetero) is 1. The normalized spacial score (nSPS) is 23.6. The van der Waals surface area contributed by atoms with Gasteiger partial charge in [-0.1, -0.05) is 6.92 Å². The van der Waals surface area contributed by atoms with Crippen LogP contribution in [0.1, 0.15) is 33.1 Å². The minimum Gasteiger partial charge on any atom is -0.300 e. The molecule has 0 N–H and O–H groups in total. The maximum Gasteiger partial charge on any atom is 0.135 e. The molecular formula is C9H17NO. The lowest BCUT2D eigenvalue weighted by Gasteiger charge is -2.30. The van der Waals surface area contributed by atoms with Crippen molar-refractivity contribution in [3.05, 3.63) is 0 Å². The molecule has 1 aliphatic heterocycles. The van der Waals surface area contributed by atoms with E-state index in [4.69, 9.17) is 0 Å². The van der Waals surface area contributed by atoms with Crippen LogP contribution in [0.15, 0.2) is 0 Å². The van der Waals surface area contributed by atoms with Crippen molar-refractivity contribution in [1.82, 2.24) is 4.90 Å². The summed E-state index contributed by atoms with van der Waals surface area (Å²) in [5.41, 5.74) is 0. The largest absolute Gasteiger partial charge is 0.300 e. The number of hydrogen-bond donors (Lipinski definition) is 0. The molecule has 1 aliphatic rings. The fourth-order valence-electron chi connectivity index (χ4n) is 1.47. The molecule has 0 aliphatic carbocycles. The Morgan fingerprint density at radius 3 is 2.45 bits per heavy atom. The Morgan fingerprint density at radius 1 is 1.45 bits per heavy atom. The highest BCUT2D eigenvalue weighted by Crippen LogP contribution is 2.11. The molecule has 0 radical (unpaired) electrons. The number of rotatable bonds is 2. The summed E-state index contributed by atoms with van der Waals surface area (Å²) in [6.45, 7) is 6.39. The zero-order chi connectivity index (χ0) is 8.27. The van der Waals surface area contributed by atoms with Crippen molar-refractivity contribution in [3.8, 4) is 0 Å². The first kappa shape index (κ1) is 8.72. The second kappa shape index (κ2) is 3.86. The van der Waals surface area contributed by atoms with Crippen molar-refractivity contribution in [2.24, 2.45) is 0 Å². The third kappa shape index (κ3) is 2.29. The second-order valence-corrected chi connectivity index (χ2v) is 3.33. The Labute approximate surface area is 68.6 Å². The minimum absolute atomic E-state index is 0.435. The monoisotopic (exact) mass is 155 g/mol. The molecular weight excluding hydrogens is 138 g/mol. The van der Waals surface area contributed by atoms with Gasteiger partial charge in [-0.05, 0) is 13.3 Å². The van der Waals surface area contributed by atoms with Crippen LogP contribution in [0.25, 0.3) is 0 Å². The van der Waals surface area contributed by atoms with E-state index in [2.05, 4.69) is 18.7 Å². The number of piperidine rings is 1. The van der Waals surface area contributed by atoms with Crippen LogP contribution in [0.5, 0.6) is 0 Å². The van der Waals surface area contributed by atoms with E-state index in [9.17, 15) is 4.79 Å². The second-order valence-electron chi connectivity index (χ2n) is 3.33. The minimum atomic E-state index is 0.435. The van der Waals surface area contributed by atoms with E-state index in [1.54, 1.807) is 0 Å². The smallest absolute Gasteiger partial charge is 0.135 e. The van der Waals surface area contributed by atoms with Gasteiger partial charge in [0.15, 0.2) is 0 Å². The van der Waals surface area contributed by atoms with E-state index in [1.807, 2.05) is 0 Å². The summed E-state index contributed by atoms with van der Waals surface area (Å²) in [5.74, 6) is 0.435. The van der Waals surface area contributed by atoms with Crippen LogP contribution in [0.4, 0.5) is 0 Å². The van der Waals surface area contributed by atoms with Crippen molar-refractivity contribution < 1.29 is 4.79 Å². The summed E-state index contributed by atoms with van der Waals surface area (Å²) in [7, 11) is 0. The lowest BCUT2D eigenvalue weighted by Crippen LogP contribution is -2.39. The maximum atomic E-state index is 10.9. The summed E-state index contributed by atoms with van der Waals surface area (Å²) in [5, 5.41) is 0. The molecule has 1 rings (SSSR count). The molecule has 2 heteroatoms. The average Bonchev–Trinajstić information content (AvgIpc) is 2.05. The van der Waals surface area contributed by atoms with E-state index < -0.39 is 0 Å².